The van der Waals surface area contributed by atoms with E-state index in [1.807, 2.05) is 25.1 Å². The van der Waals surface area contributed by atoms with Crippen LogP contribution in [0.4, 0.5) is 5.69 Å². The Hall–Kier alpha value is -1.84. The number of nitrogens with zero attached hydrogens (tertiary/aromatic N) is 1. The number of hydrogen-bond acceptors (Lipinski definition) is 3. The Morgan fingerprint density at radius 3 is 2.71 bits per heavy atom. The summed E-state index contributed by atoms with van der Waals surface area (Å²) in [7, 11) is 0. The maximum atomic E-state index is 11.8. The summed E-state index contributed by atoms with van der Waals surface area (Å²) in [6, 6.07) is 5.55. The molecule has 0 bridgehead atoms. The topological polar surface area (TPSA) is 63.4 Å². The highest BCUT2D eigenvalue weighted by atomic mass is 16.2. The molecule has 1 aliphatic rings. The van der Waals surface area contributed by atoms with Gasteiger partial charge in [0.25, 0.3) is 0 Å². The molecule has 1 aromatic rings. The summed E-state index contributed by atoms with van der Waals surface area (Å²) in [5, 5.41) is 0. The van der Waals surface area contributed by atoms with Crippen molar-refractivity contribution < 1.29 is 9.59 Å². The van der Waals surface area contributed by atoms with Crippen molar-refractivity contribution >= 4 is 17.5 Å². The smallest absolute Gasteiger partial charge is 0.232 e. The van der Waals surface area contributed by atoms with Gasteiger partial charge in [0.05, 0.1) is 6.54 Å². The Bertz CT molecular complexity index is 482. The van der Waals surface area contributed by atoms with Gasteiger partial charge in [0.1, 0.15) is 0 Å². The van der Waals surface area contributed by atoms with Crippen molar-refractivity contribution in [1.82, 2.24) is 4.90 Å². The zero-order chi connectivity index (χ0) is 12.6. The van der Waals surface area contributed by atoms with Crippen LogP contribution in [-0.2, 0) is 16.1 Å². The van der Waals surface area contributed by atoms with Crippen LogP contribution in [0.25, 0.3) is 0 Å². The minimum absolute atomic E-state index is 0.0863. The molecule has 17 heavy (non-hydrogen) atoms. The first-order chi connectivity index (χ1) is 8.00. The number of carbonyl (C=O) groups excluding carboxylic acids is 2. The second-order valence-electron chi connectivity index (χ2n) is 4.55. The highest BCUT2D eigenvalue weighted by molar-refractivity contribution is 6.03. The molecule has 4 heteroatoms. The number of carbonyl (C=O) groups is 2. The Morgan fingerprint density at radius 1 is 1.41 bits per heavy atom. The van der Waals surface area contributed by atoms with Gasteiger partial charge in [0, 0.05) is 18.0 Å². The van der Waals surface area contributed by atoms with E-state index >= 15 is 0 Å². The van der Waals surface area contributed by atoms with Gasteiger partial charge in [-0.1, -0.05) is 19.1 Å². The lowest BCUT2D eigenvalue weighted by molar-refractivity contribution is -0.139. The Morgan fingerprint density at radius 2 is 2.12 bits per heavy atom. The van der Waals surface area contributed by atoms with Crippen molar-refractivity contribution in [2.24, 2.45) is 5.92 Å². The van der Waals surface area contributed by atoms with Crippen molar-refractivity contribution in [2.75, 3.05) is 5.73 Å². The lowest BCUT2D eigenvalue weighted by Crippen LogP contribution is -2.30. The lowest BCUT2D eigenvalue weighted by Gasteiger charge is -2.16. The average Bonchev–Trinajstić information content (AvgIpc) is 2.51. The number of anilines is 1. The minimum atomic E-state index is -0.191. The van der Waals surface area contributed by atoms with Gasteiger partial charge in [-0.05, 0) is 24.1 Å². The van der Waals surface area contributed by atoms with Crippen LogP contribution in [0, 0.1) is 12.8 Å². The third kappa shape index (κ3) is 2.02. The molecule has 0 aliphatic carbocycles. The molecule has 0 spiro atoms. The van der Waals surface area contributed by atoms with E-state index in [-0.39, 0.29) is 17.7 Å². The third-order valence-electron chi connectivity index (χ3n) is 3.29. The maximum absolute atomic E-state index is 11.8. The van der Waals surface area contributed by atoms with E-state index < -0.39 is 0 Å². The zero-order valence-corrected chi connectivity index (χ0v) is 10.1. The molecule has 1 fully saturated rings. The van der Waals surface area contributed by atoms with Gasteiger partial charge >= 0.3 is 0 Å². The predicted octanol–water partition coefficient (Wildman–Crippen LogP) is 1.47. The molecule has 1 heterocycles. The van der Waals surface area contributed by atoms with Crippen LogP contribution in [0.15, 0.2) is 18.2 Å². The fraction of sp³-hybridized carbons (Fsp3) is 0.385. The van der Waals surface area contributed by atoms with Gasteiger partial charge in [0.2, 0.25) is 11.8 Å². The van der Waals surface area contributed by atoms with E-state index in [1.54, 1.807) is 6.92 Å². The number of nitrogen functional groups attached to an aromatic ring is 1. The number of imide groups is 1. The number of nitrogens with two attached hydrogens (primary N) is 1. The molecular weight excluding hydrogens is 216 g/mol. The lowest BCUT2D eigenvalue weighted by atomic mass is 10.1. The van der Waals surface area contributed by atoms with Crippen molar-refractivity contribution in [3.05, 3.63) is 29.3 Å². The highest BCUT2D eigenvalue weighted by Crippen LogP contribution is 2.23. The normalized spacial score (nSPS) is 20.1. The summed E-state index contributed by atoms with van der Waals surface area (Å²) >= 11 is 0. The van der Waals surface area contributed by atoms with Gasteiger partial charge in [-0.2, -0.15) is 0 Å². The van der Waals surface area contributed by atoms with E-state index in [2.05, 4.69) is 0 Å². The first-order valence-electron chi connectivity index (χ1n) is 5.69. The third-order valence-corrected chi connectivity index (χ3v) is 3.29. The zero-order valence-electron chi connectivity index (χ0n) is 10.1. The van der Waals surface area contributed by atoms with Crippen molar-refractivity contribution in [3.63, 3.8) is 0 Å². The van der Waals surface area contributed by atoms with E-state index in [9.17, 15) is 9.59 Å². The summed E-state index contributed by atoms with van der Waals surface area (Å²) in [5.41, 5.74) is 8.36. The molecule has 1 atom stereocenters. The molecule has 0 saturated carbocycles. The second-order valence-corrected chi connectivity index (χ2v) is 4.55. The van der Waals surface area contributed by atoms with E-state index in [0.717, 1.165) is 11.1 Å². The summed E-state index contributed by atoms with van der Waals surface area (Å²) in [6.45, 7) is 4.02. The molecule has 1 aromatic carbocycles. The summed E-state index contributed by atoms with van der Waals surface area (Å²) in [5.74, 6) is -0.370. The van der Waals surface area contributed by atoms with Gasteiger partial charge in [0.15, 0.2) is 0 Å². The molecule has 2 rings (SSSR count). The van der Waals surface area contributed by atoms with Gasteiger partial charge < -0.3 is 5.73 Å². The number of likely N-dealkylation sites (tertiary alicyclic amines) is 1. The summed E-state index contributed by atoms with van der Waals surface area (Å²) < 4.78 is 0. The summed E-state index contributed by atoms with van der Waals surface area (Å²) in [4.78, 5) is 24.8. The SMILES string of the molecule is Cc1c(N)cccc1CN1C(=O)CC(C)C1=O. The maximum Gasteiger partial charge on any atom is 0.232 e. The number of hydrogen-bond donors (Lipinski definition) is 1. The monoisotopic (exact) mass is 232 g/mol. The average molecular weight is 232 g/mol. The first-order valence-corrected chi connectivity index (χ1v) is 5.69. The fourth-order valence-electron chi connectivity index (χ4n) is 2.06. The molecule has 2 N–H and O–H groups in total. The van der Waals surface area contributed by atoms with Gasteiger partial charge in [-0.25, -0.2) is 0 Å². The summed E-state index contributed by atoms with van der Waals surface area (Å²) in [6.07, 6.45) is 0.320. The van der Waals surface area contributed by atoms with Gasteiger partial charge in [-0.15, -0.1) is 0 Å². The van der Waals surface area contributed by atoms with Crippen molar-refractivity contribution in [2.45, 2.75) is 26.8 Å². The van der Waals surface area contributed by atoms with Crippen molar-refractivity contribution in [3.8, 4) is 0 Å². The van der Waals surface area contributed by atoms with E-state index in [1.165, 1.54) is 4.90 Å². The fourth-order valence-corrected chi connectivity index (χ4v) is 2.06. The molecule has 90 valence electrons. The number of amides is 2. The standard InChI is InChI=1S/C13H16N2O2/c1-8-6-12(16)15(13(8)17)7-10-4-3-5-11(14)9(10)2/h3-5,8H,6-7,14H2,1-2H3. The number of benzene rings is 1. The molecule has 0 radical (unpaired) electrons. The van der Waals surface area contributed by atoms with Crippen LogP contribution in [0.3, 0.4) is 0 Å². The van der Waals surface area contributed by atoms with Crippen LogP contribution >= 0.6 is 0 Å². The van der Waals surface area contributed by atoms with Gasteiger partial charge in [-0.3, -0.25) is 14.5 Å². The van der Waals surface area contributed by atoms with Crippen LogP contribution in [0.5, 0.6) is 0 Å². The van der Waals surface area contributed by atoms with Crippen LogP contribution in [-0.4, -0.2) is 16.7 Å². The van der Waals surface area contributed by atoms with Crippen molar-refractivity contribution in [1.29, 1.82) is 0 Å². The molecule has 1 unspecified atom stereocenters. The second kappa shape index (κ2) is 4.20. The largest absolute Gasteiger partial charge is 0.399 e. The minimum Gasteiger partial charge on any atom is -0.399 e. The Kier molecular flexibility index (Phi) is 2.88. The highest BCUT2D eigenvalue weighted by Gasteiger charge is 2.35. The molecule has 1 aliphatic heterocycles. The van der Waals surface area contributed by atoms with Crippen LogP contribution in [0.1, 0.15) is 24.5 Å². The van der Waals surface area contributed by atoms with E-state index in [4.69, 9.17) is 5.73 Å². The number of rotatable bonds is 2. The molecule has 1 saturated heterocycles. The molecule has 0 aromatic heterocycles. The first kappa shape index (κ1) is 11.6. The Labute approximate surface area is 100 Å². The Balaban J connectivity index is 2.24. The van der Waals surface area contributed by atoms with E-state index in [0.29, 0.717) is 18.7 Å². The predicted molar refractivity (Wildman–Crippen MR) is 64.9 cm³/mol. The van der Waals surface area contributed by atoms with Crippen LogP contribution in [0.2, 0.25) is 0 Å². The van der Waals surface area contributed by atoms with Crippen LogP contribution < -0.4 is 5.73 Å². The molecule has 4 nitrogen and oxygen atoms in total. The molecular formula is C13H16N2O2. The molecule has 2 amide bonds. The quantitative estimate of drug-likeness (QED) is 0.620.